The second kappa shape index (κ2) is 6.29. The molecule has 0 radical (unpaired) electrons. The fourth-order valence-corrected chi connectivity index (χ4v) is 2.58. The van der Waals surface area contributed by atoms with Crippen molar-refractivity contribution in [1.29, 1.82) is 0 Å². The SMILES string of the molecule is Cl.O=S(=O)(Nc1ccncn1)c1cc(Cl)c(F)cc1F. The molecular formula is C10H7Cl2F2N3O2S. The van der Waals surface area contributed by atoms with Crippen molar-refractivity contribution in [2.45, 2.75) is 4.90 Å². The van der Waals surface area contributed by atoms with Gasteiger partial charge in [-0.2, -0.15) is 0 Å². The highest BCUT2D eigenvalue weighted by Gasteiger charge is 2.22. The zero-order valence-electron chi connectivity index (χ0n) is 9.55. The third-order valence-electron chi connectivity index (χ3n) is 2.09. The molecule has 0 saturated carbocycles. The summed E-state index contributed by atoms with van der Waals surface area (Å²) < 4.78 is 52.3. The van der Waals surface area contributed by atoms with E-state index in [9.17, 15) is 17.2 Å². The highest BCUT2D eigenvalue weighted by molar-refractivity contribution is 7.92. The van der Waals surface area contributed by atoms with Crippen molar-refractivity contribution in [2.75, 3.05) is 4.72 Å². The van der Waals surface area contributed by atoms with Crippen LogP contribution in [0.4, 0.5) is 14.6 Å². The Balaban J connectivity index is 0.00000200. The molecule has 0 amide bonds. The van der Waals surface area contributed by atoms with Gasteiger partial charge in [-0.3, -0.25) is 4.72 Å². The Morgan fingerprint density at radius 1 is 1.20 bits per heavy atom. The van der Waals surface area contributed by atoms with Crippen LogP contribution in [0.3, 0.4) is 0 Å². The summed E-state index contributed by atoms with van der Waals surface area (Å²) in [5.41, 5.74) is 0. The lowest BCUT2D eigenvalue weighted by Crippen LogP contribution is -2.15. The number of sulfonamides is 1. The van der Waals surface area contributed by atoms with E-state index in [1.807, 2.05) is 4.72 Å². The summed E-state index contributed by atoms with van der Waals surface area (Å²) in [4.78, 5) is 6.46. The van der Waals surface area contributed by atoms with Gasteiger partial charge in [0, 0.05) is 12.3 Å². The molecule has 0 aliphatic heterocycles. The maximum atomic E-state index is 13.5. The number of rotatable bonds is 3. The van der Waals surface area contributed by atoms with Gasteiger partial charge in [0.05, 0.1) is 5.02 Å². The van der Waals surface area contributed by atoms with Crippen molar-refractivity contribution in [3.63, 3.8) is 0 Å². The molecular weight excluding hydrogens is 335 g/mol. The summed E-state index contributed by atoms with van der Waals surface area (Å²) in [6, 6.07) is 2.37. The van der Waals surface area contributed by atoms with E-state index < -0.39 is 31.6 Å². The Morgan fingerprint density at radius 2 is 1.90 bits per heavy atom. The Bertz CT molecular complexity index is 714. The number of hydrogen-bond donors (Lipinski definition) is 1. The summed E-state index contributed by atoms with van der Waals surface area (Å²) in [7, 11) is -4.25. The molecule has 1 aromatic heterocycles. The van der Waals surface area contributed by atoms with Crippen LogP contribution in [0, 0.1) is 11.6 Å². The van der Waals surface area contributed by atoms with Crippen molar-refractivity contribution in [2.24, 2.45) is 0 Å². The quantitative estimate of drug-likeness (QED) is 0.871. The molecule has 2 rings (SSSR count). The van der Waals surface area contributed by atoms with E-state index in [0.717, 1.165) is 6.33 Å². The lowest BCUT2D eigenvalue weighted by atomic mass is 10.3. The Kier molecular flexibility index (Phi) is 5.21. The van der Waals surface area contributed by atoms with Crippen LogP contribution in [0.2, 0.25) is 5.02 Å². The fraction of sp³-hybridized carbons (Fsp3) is 0. The number of nitrogens with zero attached hydrogens (tertiary/aromatic N) is 2. The first kappa shape index (κ1) is 16.5. The van der Waals surface area contributed by atoms with Crippen LogP contribution < -0.4 is 4.72 Å². The van der Waals surface area contributed by atoms with Gasteiger partial charge in [-0.05, 0) is 12.1 Å². The Labute approximate surface area is 124 Å². The molecule has 0 aliphatic rings. The molecule has 0 spiro atoms. The Hall–Kier alpha value is -1.51. The van der Waals surface area contributed by atoms with Gasteiger partial charge < -0.3 is 0 Å². The molecule has 0 unspecified atom stereocenters. The standard InChI is InChI=1S/C10H6ClF2N3O2S.ClH/c11-6-3-9(8(13)4-7(6)12)19(17,18)16-10-1-2-14-5-15-10;/h1-5H,(H,14,15,16);1H. The van der Waals surface area contributed by atoms with Crippen molar-refractivity contribution in [3.05, 3.63) is 47.4 Å². The third-order valence-corrected chi connectivity index (χ3v) is 3.74. The van der Waals surface area contributed by atoms with Gasteiger partial charge in [0.25, 0.3) is 10.0 Å². The maximum Gasteiger partial charge on any atom is 0.266 e. The minimum atomic E-state index is -4.25. The van der Waals surface area contributed by atoms with E-state index in [4.69, 9.17) is 11.6 Å². The second-order valence-corrected chi connectivity index (χ2v) is 5.45. The van der Waals surface area contributed by atoms with Gasteiger partial charge in [-0.1, -0.05) is 11.6 Å². The van der Waals surface area contributed by atoms with Gasteiger partial charge in [-0.25, -0.2) is 27.2 Å². The van der Waals surface area contributed by atoms with Crippen LogP contribution in [0.25, 0.3) is 0 Å². The van der Waals surface area contributed by atoms with Gasteiger partial charge in [0.2, 0.25) is 0 Å². The molecule has 2 aromatic rings. The van der Waals surface area contributed by atoms with Crippen molar-refractivity contribution >= 4 is 39.8 Å². The number of nitrogens with one attached hydrogen (secondary N) is 1. The summed E-state index contributed by atoms with van der Waals surface area (Å²) >= 11 is 5.44. The van der Waals surface area contributed by atoms with E-state index in [1.54, 1.807) is 0 Å². The van der Waals surface area contributed by atoms with E-state index in [-0.39, 0.29) is 18.2 Å². The number of anilines is 1. The predicted octanol–water partition coefficient (Wildman–Crippen LogP) is 2.63. The highest BCUT2D eigenvalue weighted by Crippen LogP contribution is 2.24. The zero-order valence-corrected chi connectivity index (χ0v) is 11.9. The molecule has 20 heavy (non-hydrogen) atoms. The van der Waals surface area contributed by atoms with E-state index in [1.165, 1.54) is 12.3 Å². The average Bonchev–Trinajstić information content (AvgIpc) is 2.34. The Morgan fingerprint density at radius 3 is 2.50 bits per heavy atom. The van der Waals surface area contributed by atoms with Crippen LogP contribution >= 0.6 is 24.0 Å². The van der Waals surface area contributed by atoms with Gasteiger partial charge in [-0.15, -0.1) is 12.4 Å². The van der Waals surface area contributed by atoms with Crippen LogP contribution in [0.5, 0.6) is 0 Å². The monoisotopic (exact) mass is 341 g/mol. The molecule has 1 aromatic carbocycles. The molecule has 0 fully saturated rings. The molecule has 0 atom stereocenters. The maximum absolute atomic E-state index is 13.5. The summed E-state index contributed by atoms with van der Waals surface area (Å²) in [5.74, 6) is -2.33. The topological polar surface area (TPSA) is 72.0 Å². The summed E-state index contributed by atoms with van der Waals surface area (Å²) in [6.45, 7) is 0. The van der Waals surface area contributed by atoms with Crippen LogP contribution in [0.1, 0.15) is 0 Å². The van der Waals surface area contributed by atoms with Crippen molar-refractivity contribution in [3.8, 4) is 0 Å². The first-order valence-corrected chi connectivity index (χ1v) is 6.69. The molecule has 0 saturated heterocycles. The van der Waals surface area contributed by atoms with E-state index in [0.29, 0.717) is 12.1 Å². The zero-order chi connectivity index (χ0) is 14.0. The van der Waals surface area contributed by atoms with Gasteiger partial charge in [0.1, 0.15) is 28.7 Å². The van der Waals surface area contributed by atoms with Gasteiger partial charge >= 0.3 is 0 Å². The highest BCUT2D eigenvalue weighted by atomic mass is 35.5. The average molecular weight is 342 g/mol. The van der Waals surface area contributed by atoms with Crippen molar-refractivity contribution in [1.82, 2.24) is 9.97 Å². The number of hydrogen-bond acceptors (Lipinski definition) is 4. The number of benzene rings is 1. The lowest BCUT2D eigenvalue weighted by Gasteiger charge is -2.08. The first-order chi connectivity index (χ1) is 8.90. The molecule has 108 valence electrons. The largest absolute Gasteiger partial charge is 0.266 e. The number of halogens is 4. The number of aromatic nitrogens is 2. The summed E-state index contributed by atoms with van der Waals surface area (Å²) in [5, 5.41) is -0.496. The van der Waals surface area contributed by atoms with Gasteiger partial charge in [0.15, 0.2) is 0 Å². The minimum Gasteiger partial charge on any atom is -0.263 e. The predicted molar refractivity (Wildman–Crippen MR) is 71.5 cm³/mol. The van der Waals surface area contributed by atoms with Crippen LogP contribution in [0.15, 0.2) is 35.6 Å². The molecule has 1 N–H and O–H groups in total. The smallest absolute Gasteiger partial charge is 0.263 e. The summed E-state index contributed by atoms with van der Waals surface area (Å²) in [6.07, 6.45) is 2.42. The second-order valence-electron chi connectivity index (χ2n) is 3.40. The van der Waals surface area contributed by atoms with Crippen molar-refractivity contribution < 1.29 is 17.2 Å². The molecule has 5 nitrogen and oxygen atoms in total. The van der Waals surface area contributed by atoms with Crippen LogP contribution in [-0.4, -0.2) is 18.4 Å². The molecule has 10 heteroatoms. The fourth-order valence-electron chi connectivity index (χ4n) is 1.25. The first-order valence-electron chi connectivity index (χ1n) is 4.83. The molecule has 0 aliphatic carbocycles. The lowest BCUT2D eigenvalue weighted by molar-refractivity contribution is 0.551. The molecule has 0 bridgehead atoms. The molecule has 1 heterocycles. The third kappa shape index (κ3) is 3.53. The van der Waals surface area contributed by atoms with Crippen LogP contribution in [-0.2, 0) is 10.0 Å². The normalized spacial score (nSPS) is 10.8. The minimum absolute atomic E-state index is 0. The van der Waals surface area contributed by atoms with E-state index in [2.05, 4.69) is 9.97 Å². The van der Waals surface area contributed by atoms with E-state index >= 15 is 0 Å².